The summed E-state index contributed by atoms with van der Waals surface area (Å²) in [4.78, 5) is 2.59. The predicted molar refractivity (Wildman–Crippen MR) is 62.6 cm³/mol. The third-order valence-electron chi connectivity index (χ3n) is 3.24. The van der Waals surface area contributed by atoms with Crippen molar-refractivity contribution in [3.63, 3.8) is 0 Å². The quantitative estimate of drug-likeness (QED) is 0.658. The Morgan fingerprint density at radius 1 is 1.21 bits per heavy atom. The highest BCUT2D eigenvalue weighted by Gasteiger charge is 2.08. The maximum Gasteiger partial charge on any atom is 0.0107 e. The second kappa shape index (κ2) is 7.24. The molecule has 0 saturated carbocycles. The smallest absolute Gasteiger partial charge is 0.0107 e. The van der Waals surface area contributed by atoms with Gasteiger partial charge in [-0.15, -0.1) is 0 Å². The van der Waals surface area contributed by atoms with Crippen LogP contribution in [0.2, 0.25) is 0 Å². The van der Waals surface area contributed by atoms with Gasteiger partial charge in [0, 0.05) is 13.1 Å². The van der Waals surface area contributed by atoms with E-state index in [1.54, 1.807) is 0 Å². The standard InChI is InChI=1S/C12H26N2/c1-3-12(2)11-13-7-10-14-8-5-4-6-9-14/h12-13H,3-11H2,1-2H3. The Morgan fingerprint density at radius 3 is 2.57 bits per heavy atom. The number of nitrogens with zero attached hydrogens (tertiary/aromatic N) is 1. The van der Waals surface area contributed by atoms with Crippen molar-refractivity contribution in [2.45, 2.75) is 39.5 Å². The SMILES string of the molecule is CCC(C)CNCCN1CCCCC1. The van der Waals surface area contributed by atoms with E-state index in [0.717, 1.165) is 5.92 Å². The van der Waals surface area contributed by atoms with Crippen molar-refractivity contribution >= 4 is 0 Å². The van der Waals surface area contributed by atoms with Gasteiger partial charge in [0.2, 0.25) is 0 Å². The molecule has 0 spiro atoms. The van der Waals surface area contributed by atoms with E-state index in [1.165, 1.54) is 58.4 Å². The third kappa shape index (κ3) is 4.97. The molecular weight excluding hydrogens is 172 g/mol. The lowest BCUT2D eigenvalue weighted by Gasteiger charge is -2.26. The minimum Gasteiger partial charge on any atom is -0.315 e. The van der Waals surface area contributed by atoms with Crippen molar-refractivity contribution < 1.29 is 0 Å². The van der Waals surface area contributed by atoms with Crippen molar-refractivity contribution in [3.8, 4) is 0 Å². The van der Waals surface area contributed by atoms with Crippen LogP contribution in [0, 0.1) is 5.92 Å². The molecule has 0 amide bonds. The molecule has 1 aliphatic rings. The lowest BCUT2D eigenvalue weighted by molar-refractivity contribution is 0.228. The monoisotopic (exact) mass is 198 g/mol. The van der Waals surface area contributed by atoms with Crippen molar-refractivity contribution in [2.75, 3.05) is 32.7 Å². The molecule has 1 fully saturated rings. The fourth-order valence-corrected chi connectivity index (χ4v) is 1.91. The molecule has 2 nitrogen and oxygen atoms in total. The van der Waals surface area contributed by atoms with Crippen molar-refractivity contribution in [1.82, 2.24) is 10.2 Å². The summed E-state index contributed by atoms with van der Waals surface area (Å²) in [7, 11) is 0. The van der Waals surface area contributed by atoms with Crippen LogP contribution < -0.4 is 5.32 Å². The summed E-state index contributed by atoms with van der Waals surface area (Å²) in [5, 5.41) is 3.54. The molecular formula is C12H26N2. The molecule has 1 N–H and O–H groups in total. The van der Waals surface area contributed by atoms with Gasteiger partial charge in [-0.25, -0.2) is 0 Å². The molecule has 1 unspecified atom stereocenters. The van der Waals surface area contributed by atoms with Gasteiger partial charge in [0.1, 0.15) is 0 Å². The first-order chi connectivity index (χ1) is 6.83. The highest BCUT2D eigenvalue weighted by Crippen LogP contribution is 2.07. The number of hydrogen-bond acceptors (Lipinski definition) is 2. The lowest BCUT2D eigenvalue weighted by atomic mass is 10.1. The second-order valence-electron chi connectivity index (χ2n) is 4.62. The molecule has 0 aromatic heterocycles. The summed E-state index contributed by atoms with van der Waals surface area (Å²) in [6.07, 6.45) is 5.55. The molecule has 1 aliphatic heterocycles. The zero-order valence-electron chi connectivity index (χ0n) is 9.89. The van der Waals surface area contributed by atoms with E-state index < -0.39 is 0 Å². The Balaban J connectivity index is 1.92. The van der Waals surface area contributed by atoms with Crippen LogP contribution in [-0.4, -0.2) is 37.6 Å². The van der Waals surface area contributed by atoms with Gasteiger partial charge in [0.15, 0.2) is 0 Å². The zero-order chi connectivity index (χ0) is 10.2. The molecule has 0 aliphatic carbocycles. The summed E-state index contributed by atoms with van der Waals surface area (Å²) in [6, 6.07) is 0. The Morgan fingerprint density at radius 2 is 1.93 bits per heavy atom. The Kier molecular flexibility index (Phi) is 6.20. The van der Waals surface area contributed by atoms with Crippen LogP contribution in [0.5, 0.6) is 0 Å². The molecule has 1 atom stereocenters. The third-order valence-corrected chi connectivity index (χ3v) is 3.24. The highest BCUT2D eigenvalue weighted by molar-refractivity contribution is 4.65. The molecule has 1 saturated heterocycles. The first-order valence-corrected chi connectivity index (χ1v) is 6.26. The van der Waals surface area contributed by atoms with Crippen molar-refractivity contribution in [3.05, 3.63) is 0 Å². The van der Waals surface area contributed by atoms with E-state index in [9.17, 15) is 0 Å². The van der Waals surface area contributed by atoms with E-state index >= 15 is 0 Å². The van der Waals surface area contributed by atoms with Gasteiger partial charge in [0.05, 0.1) is 0 Å². The first-order valence-electron chi connectivity index (χ1n) is 6.26. The van der Waals surface area contributed by atoms with E-state index in [4.69, 9.17) is 0 Å². The molecule has 84 valence electrons. The zero-order valence-corrected chi connectivity index (χ0v) is 9.89. The van der Waals surface area contributed by atoms with Gasteiger partial charge in [0.25, 0.3) is 0 Å². The molecule has 0 aromatic rings. The van der Waals surface area contributed by atoms with Crippen LogP contribution >= 0.6 is 0 Å². The summed E-state index contributed by atoms with van der Waals surface area (Å²) < 4.78 is 0. The van der Waals surface area contributed by atoms with E-state index in [0.29, 0.717) is 0 Å². The fourth-order valence-electron chi connectivity index (χ4n) is 1.91. The van der Waals surface area contributed by atoms with Crippen molar-refractivity contribution in [2.24, 2.45) is 5.92 Å². The van der Waals surface area contributed by atoms with Crippen LogP contribution in [0.25, 0.3) is 0 Å². The topological polar surface area (TPSA) is 15.3 Å². The van der Waals surface area contributed by atoms with E-state index in [-0.39, 0.29) is 0 Å². The number of hydrogen-bond donors (Lipinski definition) is 1. The Hall–Kier alpha value is -0.0800. The minimum absolute atomic E-state index is 0.830. The molecule has 0 bridgehead atoms. The normalized spacial score (nSPS) is 21.0. The van der Waals surface area contributed by atoms with E-state index in [2.05, 4.69) is 24.1 Å². The molecule has 1 heterocycles. The predicted octanol–water partition coefficient (Wildman–Crippen LogP) is 2.11. The van der Waals surface area contributed by atoms with Gasteiger partial charge in [-0.3, -0.25) is 0 Å². The molecule has 2 heteroatoms. The average molecular weight is 198 g/mol. The number of piperidine rings is 1. The molecule has 0 radical (unpaired) electrons. The summed E-state index contributed by atoms with van der Waals surface area (Å²) in [6.45, 7) is 10.8. The average Bonchev–Trinajstić information content (AvgIpc) is 2.25. The maximum absolute atomic E-state index is 3.54. The highest BCUT2D eigenvalue weighted by atomic mass is 15.1. The number of nitrogens with one attached hydrogen (secondary N) is 1. The Bertz CT molecular complexity index is 130. The lowest BCUT2D eigenvalue weighted by Crippen LogP contribution is -2.36. The van der Waals surface area contributed by atoms with Crippen molar-refractivity contribution in [1.29, 1.82) is 0 Å². The van der Waals surface area contributed by atoms with Gasteiger partial charge in [-0.1, -0.05) is 26.7 Å². The van der Waals surface area contributed by atoms with Crippen LogP contribution in [0.4, 0.5) is 0 Å². The van der Waals surface area contributed by atoms with Gasteiger partial charge < -0.3 is 10.2 Å². The summed E-state index contributed by atoms with van der Waals surface area (Å²) in [5.41, 5.74) is 0. The van der Waals surface area contributed by atoms with Crippen LogP contribution in [0.15, 0.2) is 0 Å². The maximum atomic E-state index is 3.54. The van der Waals surface area contributed by atoms with Gasteiger partial charge in [-0.05, 0) is 38.4 Å². The largest absolute Gasteiger partial charge is 0.315 e. The Labute approximate surface area is 89.1 Å². The van der Waals surface area contributed by atoms with Gasteiger partial charge in [-0.2, -0.15) is 0 Å². The molecule has 14 heavy (non-hydrogen) atoms. The van der Waals surface area contributed by atoms with Crippen LogP contribution in [0.3, 0.4) is 0 Å². The summed E-state index contributed by atoms with van der Waals surface area (Å²) >= 11 is 0. The fraction of sp³-hybridized carbons (Fsp3) is 1.00. The number of likely N-dealkylation sites (tertiary alicyclic amines) is 1. The second-order valence-corrected chi connectivity index (χ2v) is 4.62. The summed E-state index contributed by atoms with van der Waals surface area (Å²) in [5.74, 6) is 0.830. The molecule has 0 aromatic carbocycles. The van der Waals surface area contributed by atoms with Crippen LogP contribution in [0.1, 0.15) is 39.5 Å². The number of rotatable bonds is 6. The van der Waals surface area contributed by atoms with E-state index in [1.807, 2.05) is 0 Å². The minimum atomic E-state index is 0.830. The first kappa shape index (κ1) is 12.0. The van der Waals surface area contributed by atoms with Gasteiger partial charge >= 0.3 is 0 Å². The van der Waals surface area contributed by atoms with Crippen LogP contribution in [-0.2, 0) is 0 Å². The molecule has 1 rings (SSSR count).